The highest BCUT2D eigenvalue weighted by molar-refractivity contribution is 5.72. The molecule has 26 heteroatoms. The lowest BCUT2D eigenvalue weighted by atomic mass is 10.2. The van der Waals surface area contributed by atoms with Crippen molar-refractivity contribution in [3.8, 4) is 0 Å². The zero-order chi connectivity index (χ0) is 97.6. The average Bonchev–Trinajstić information content (AvgIpc) is 1.01. The maximum Gasteiger partial charge on any atom is 0.373 e. The first-order valence-electron chi connectivity index (χ1n) is 39.1. The van der Waals surface area contributed by atoms with E-state index >= 15 is 0 Å². The van der Waals surface area contributed by atoms with Gasteiger partial charge in [0.05, 0.1) is 116 Å². The van der Waals surface area contributed by atoms with E-state index in [9.17, 15) is 24.0 Å². The maximum absolute atomic E-state index is 10.4. The molecular formula is C93H164O26. The van der Waals surface area contributed by atoms with Gasteiger partial charge in [-0.1, -0.05) is 224 Å². The van der Waals surface area contributed by atoms with E-state index in [0.29, 0.717) is 32.1 Å². The maximum atomic E-state index is 10.4. The van der Waals surface area contributed by atoms with Gasteiger partial charge < -0.3 is 42.6 Å². The molecule has 0 aromatic heterocycles. The molecule has 0 atom stereocenters. The summed E-state index contributed by atoms with van der Waals surface area (Å²) in [6.07, 6.45) is 60.0. The number of carbonyl (C=O) groups is 5. The standard InChI is InChI=1S/4C9H18O.5C7H12O2.4C4H8.6CO2/c4*1-5-6-7-8-10-9(2,3)4;5*1-3-4-5-6-7(8)9-2;4*1-3-4-2;6*2-1-3/h4*6-7H,5,8H2,1-4H3;5*4-5H,3,6H2,1-2H3;4*3H,1,4H2,2H3;;;;;;. The van der Waals surface area contributed by atoms with Crippen LogP contribution < -0.4 is 0 Å². The molecule has 0 aliphatic heterocycles. The number of esters is 5. The van der Waals surface area contributed by atoms with Gasteiger partial charge in [-0.2, -0.15) is 57.5 Å². The van der Waals surface area contributed by atoms with Gasteiger partial charge in [0, 0.05) is 0 Å². The van der Waals surface area contributed by atoms with Gasteiger partial charge in [-0.05, 0) is 167 Å². The summed E-state index contributed by atoms with van der Waals surface area (Å²) in [7, 11) is 6.95. The van der Waals surface area contributed by atoms with Crippen LogP contribution in [0.15, 0.2) is 160 Å². The monoisotopic (exact) mass is 1700 g/mol. The molecule has 0 aromatic rings. The summed E-state index contributed by atoms with van der Waals surface area (Å²) < 4.78 is 43.8. The van der Waals surface area contributed by atoms with Crippen LogP contribution in [0, 0.1) is 0 Å². The van der Waals surface area contributed by atoms with Crippen LogP contribution in [-0.4, -0.2) is 151 Å². The lowest BCUT2D eigenvalue weighted by molar-refractivity contribution is -0.193. The Labute approximate surface area is 720 Å². The van der Waals surface area contributed by atoms with E-state index in [1.54, 1.807) is 0 Å². The second-order valence-corrected chi connectivity index (χ2v) is 24.8. The molecule has 0 aliphatic carbocycles. The fourth-order valence-electron chi connectivity index (χ4n) is 4.28. The lowest BCUT2D eigenvalue weighted by Gasteiger charge is -2.17. The van der Waals surface area contributed by atoms with Crippen molar-refractivity contribution in [2.45, 2.75) is 311 Å². The molecule has 0 aromatic carbocycles. The Bertz CT molecular complexity index is 2190. The van der Waals surface area contributed by atoms with Gasteiger partial charge in [0.2, 0.25) is 0 Å². The van der Waals surface area contributed by atoms with Gasteiger partial charge in [0.1, 0.15) is 0 Å². The smallest absolute Gasteiger partial charge is 0.373 e. The Morgan fingerprint density at radius 2 is 0.303 bits per heavy atom. The number of carbonyl (C=O) groups excluding carboxylic acids is 17. The Morgan fingerprint density at radius 1 is 0.210 bits per heavy atom. The van der Waals surface area contributed by atoms with E-state index in [-0.39, 0.29) is 89.2 Å². The van der Waals surface area contributed by atoms with Crippen molar-refractivity contribution in [3.05, 3.63) is 160 Å². The lowest BCUT2D eigenvalue weighted by Crippen LogP contribution is -2.18. The first kappa shape index (κ1) is 157. The predicted octanol–water partition coefficient (Wildman–Crippen LogP) is 21.5. The fourth-order valence-corrected chi connectivity index (χ4v) is 4.28. The normalized spacial score (nSPS) is 9.33. The number of rotatable bonds is 31. The second-order valence-electron chi connectivity index (χ2n) is 24.8. The molecule has 0 heterocycles. The van der Waals surface area contributed by atoms with Crippen LogP contribution in [-0.2, 0) is 124 Å². The molecule has 0 bridgehead atoms. The highest BCUT2D eigenvalue weighted by atomic mass is 16.5. The van der Waals surface area contributed by atoms with Gasteiger partial charge in [-0.25, -0.2) is 0 Å². The van der Waals surface area contributed by atoms with Gasteiger partial charge in [0.15, 0.2) is 0 Å². The fraction of sp³-hybridized carbons (Fsp3) is 0.602. The second kappa shape index (κ2) is 160. The zero-order valence-electron chi connectivity index (χ0n) is 79.2. The minimum atomic E-state index is -0.181. The summed E-state index contributed by atoms with van der Waals surface area (Å²) in [4.78, 5) is 150. The van der Waals surface area contributed by atoms with Gasteiger partial charge in [-0.3, -0.25) is 24.0 Å². The van der Waals surface area contributed by atoms with E-state index in [2.05, 4.69) is 237 Å². The molecule has 692 valence electrons. The Kier molecular flexibility index (Phi) is 211. The molecule has 26 nitrogen and oxygen atoms in total. The highest BCUT2D eigenvalue weighted by Gasteiger charge is 2.09. The number of ether oxygens (including phenoxy) is 9. The van der Waals surface area contributed by atoms with E-state index in [0.717, 1.165) is 110 Å². The molecule has 0 aliphatic rings. The summed E-state index contributed by atoms with van der Waals surface area (Å²) in [5, 5.41) is 0. The molecular weight excluding hydrogens is 1530 g/mol. The van der Waals surface area contributed by atoms with Crippen molar-refractivity contribution in [2.24, 2.45) is 0 Å². The van der Waals surface area contributed by atoms with Crippen LogP contribution in [0.25, 0.3) is 0 Å². The number of hydrogen-bond acceptors (Lipinski definition) is 26. The van der Waals surface area contributed by atoms with Crippen molar-refractivity contribution < 1.29 is 124 Å². The highest BCUT2D eigenvalue weighted by Crippen LogP contribution is 2.08. The molecule has 119 heavy (non-hydrogen) atoms. The quantitative estimate of drug-likeness (QED) is 0.0353. The van der Waals surface area contributed by atoms with Crippen LogP contribution in [0.1, 0.15) is 289 Å². The molecule has 0 saturated heterocycles. The van der Waals surface area contributed by atoms with E-state index in [1.165, 1.54) is 35.5 Å². The van der Waals surface area contributed by atoms with Gasteiger partial charge in [-0.15, -0.1) is 26.3 Å². The topological polar surface area (TPSA) is 373 Å². The third kappa shape index (κ3) is 373. The van der Waals surface area contributed by atoms with Crippen LogP contribution in [0.5, 0.6) is 0 Å². The van der Waals surface area contributed by atoms with Crippen LogP contribution in [0.2, 0.25) is 0 Å². The van der Waals surface area contributed by atoms with Crippen molar-refractivity contribution in [1.29, 1.82) is 0 Å². The zero-order valence-corrected chi connectivity index (χ0v) is 79.2. The van der Waals surface area contributed by atoms with Gasteiger partial charge in [0.25, 0.3) is 0 Å². The SMILES string of the molecule is C=CCC.C=CCC.C=CCC.C=CCC.CCC=CCC(=O)OC.CCC=CCC(=O)OC.CCC=CCC(=O)OC.CCC=CCC(=O)OC.CCC=CCC(=O)OC.CCC=CCOC(C)(C)C.CCC=CCOC(C)(C)C.CCC=CCOC(C)(C)C.CCC=CCOC(C)(C)C.O=C=O.O=C=O.O=C=O.O=C=O.O=C=O.O=C=O. The Morgan fingerprint density at radius 3 is 0.370 bits per heavy atom. The molecule has 0 N–H and O–H groups in total. The number of methoxy groups -OCH3 is 5. The van der Waals surface area contributed by atoms with Crippen LogP contribution in [0.3, 0.4) is 0 Å². The molecule has 0 radical (unpaired) electrons. The van der Waals surface area contributed by atoms with E-state index in [1.807, 2.05) is 120 Å². The first-order valence-corrected chi connectivity index (χ1v) is 39.1. The van der Waals surface area contributed by atoms with Crippen molar-refractivity contribution in [2.75, 3.05) is 62.0 Å². The molecule has 0 fully saturated rings. The summed E-state index contributed by atoms with van der Waals surface area (Å²) in [6, 6.07) is 0. The Balaban J connectivity index is -0.0000000530. The van der Waals surface area contributed by atoms with Crippen molar-refractivity contribution in [1.82, 2.24) is 0 Å². The average molecular weight is 1700 g/mol. The summed E-state index contributed by atoms with van der Waals surface area (Å²) in [5.74, 6) is -0.904. The molecule has 0 unspecified atom stereocenters. The number of allylic oxidation sites excluding steroid dienone is 13. The molecule has 0 rings (SSSR count). The van der Waals surface area contributed by atoms with E-state index < -0.39 is 0 Å². The minimum absolute atomic E-state index is 0.00190. The molecule has 0 amide bonds. The van der Waals surface area contributed by atoms with Crippen molar-refractivity contribution >= 4 is 66.8 Å². The Hall–Kier alpha value is -9.91. The summed E-state index contributed by atoms with van der Waals surface area (Å²) >= 11 is 0. The first-order chi connectivity index (χ1) is 55.9. The van der Waals surface area contributed by atoms with Crippen LogP contribution >= 0.6 is 0 Å². The predicted molar refractivity (Wildman–Crippen MR) is 473 cm³/mol. The van der Waals surface area contributed by atoms with E-state index in [4.69, 9.17) is 76.5 Å². The molecule has 0 spiro atoms. The third-order valence-electron chi connectivity index (χ3n) is 9.79. The van der Waals surface area contributed by atoms with Gasteiger partial charge >= 0.3 is 66.8 Å². The molecule has 0 saturated carbocycles. The van der Waals surface area contributed by atoms with Crippen molar-refractivity contribution in [3.63, 3.8) is 0 Å². The number of hydrogen-bond donors (Lipinski definition) is 0. The third-order valence-corrected chi connectivity index (χ3v) is 9.79. The van der Waals surface area contributed by atoms with Crippen LogP contribution in [0.4, 0.5) is 0 Å². The summed E-state index contributed by atoms with van der Waals surface area (Å²) in [5.41, 5.74) is -0.00761. The minimum Gasteiger partial charge on any atom is -0.469 e. The largest absolute Gasteiger partial charge is 0.469 e. The summed E-state index contributed by atoms with van der Waals surface area (Å²) in [6.45, 7) is 68.4.